The maximum Gasteiger partial charge on any atom is 0.162 e. The van der Waals surface area contributed by atoms with Crippen LogP contribution in [0.1, 0.15) is 15.2 Å². The number of carbonyl (C=O) groups excluding carboxylic acids is 1. The number of methoxy groups -OCH3 is 1. The molecule has 0 saturated carbocycles. The maximum absolute atomic E-state index is 10.7. The summed E-state index contributed by atoms with van der Waals surface area (Å²) in [5.41, 5.74) is 0.551. The van der Waals surface area contributed by atoms with Gasteiger partial charge in [0.25, 0.3) is 0 Å². The molecule has 2 rings (SSSR count). The second kappa shape index (κ2) is 5.89. The smallest absolute Gasteiger partial charge is 0.162 e. The molecule has 1 aromatic carbocycles. The Kier molecular flexibility index (Phi) is 4.23. The van der Waals surface area contributed by atoms with E-state index in [1.807, 2.05) is 12.1 Å². The number of rotatable bonds is 5. The summed E-state index contributed by atoms with van der Waals surface area (Å²) in [6.45, 7) is 0.399. The molecule has 94 valence electrons. The molecule has 0 N–H and O–H groups in total. The summed E-state index contributed by atoms with van der Waals surface area (Å²) in [4.78, 5) is 11.7. The molecule has 0 bridgehead atoms. The highest BCUT2D eigenvalue weighted by molar-refractivity contribution is 7.16. The maximum atomic E-state index is 10.7. The third kappa shape index (κ3) is 3.03. The van der Waals surface area contributed by atoms with E-state index in [1.54, 1.807) is 25.3 Å². The molecule has 0 unspecified atom stereocenters. The summed E-state index contributed by atoms with van der Waals surface area (Å²) in [6, 6.07) is 8.77. The van der Waals surface area contributed by atoms with Crippen molar-refractivity contribution in [2.24, 2.45) is 0 Å². The topological polar surface area (TPSA) is 35.5 Å². The van der Waals surface area contributed by atoms with Crippen LogP contribution >= 0.6 is 22.9 Å². The Morgan fingerprint density at radius 3 is 2.72 bits per heavy atom. The average molecular weight is 283 g/mol. The van der Waals surface area contributed by atoms with Gasteiger partial charge in [0.15, 0.2) is 11.5 Å². The van der Waals surface area contributed by atoms with Crippen molar-refractivity contribution in [3.05, 3.63) is 45.1 Å². The Hall–Kier alpha value is -1.52. The standard InChI is InChI=1S/C13H11ClO3S/c1-16-11-4-2-9(7-15)6-12(11)17-8-10-3-5-13(14)18-10/h2-7H,8H2,1H3. The minimum atomic E-state index is 0.399. The van der Waals surface area contributed by atoms with E-state index in [0.717, 1.165) is 15.5 Å². The number of ether oxygens (including phenoxy) is 2. The van der Waals surface area contributed by atoms with Crippen LogP contribution in [0.2, 0.25) is 4.34 Å². The molecule has 3 nitrogen and oxygen atoms in total. The van der Waals surface area contributed by atoms with Crippen molar-refractivity contribution >= 4 is 29.2 Å². The normalized spacial score (nSPS) is 10.1. The molecule has 0 fully saturated rings. The first-order valence-electron chi connectivity index (χ1n) is 5.23. The van der Waals surface area contributed by atoms with Crippen LogP contribution in [0.25, 0.3) is 0 Å². The lowest BCUT2D eigenvalue weighted by molar-refractivity contribution is 0.112. The van der Waals surface area contributed by atoms with E-state index in [9.17, 15) is 4.79 Å². The van der Waals surface area contributed by atoms with Crippen LogP contribution in [-0.2, 0) is 6.61 Å². The van der Waals surface area contributed by atoms with Gasteiger partial charge in [-0.2, -0.15) is 0 Å². The van der Waals surface area contributed by atoms with Gasteiger partial charge in [0.05, 0.1) is 11.4 Å². The summed E-state index contributed by atoms with van der Waals surface area (Å²) in [5.74, 6) is 1.15. The number of thiophene rings is 1. The molecular weight excluding hydrogens is 272 g/mol. The predicted octanol–water partition coefficient (Wildman–Crippen LogP) is 3.80. The van der Waals surface area contributed by atoms with Crippen LogP contribution in [0, 0.1) is 0 Å². The van der Waals surface area contributed by atoms with Crippen molar-refractivity contribution in [3.8, 4) is 11.5 Å². The number of hydrogen-bond donors (Lipinski definition) is 0. The molecule has 1 aromatic heterocycles. The first-order valence-corrected chi connectivity index (χ1v) is 6.42. The van der Waals surface area contributed by atoms with Gasteiger partial charge in [-0.05, 0) is 30.3 Å². The Labute approximate surface area is 114 Å². The van der Waals surface area contributed by atoms with E-state index >= 15 is 0 Å². The van der Waals surface area contributed by atoms with Gasteiger partial charge in [-0.15, -0.1) is 11.3 Å². The van der Waals surface area contributed by atoms with Gasteiger partial charge in [-0.25, -0.2) is 0 Å². The molecule has 18 heavy (non-hydrogen) atoms. The lowest BCUT2D eigenvalue weighted by atomic mass is 10.2. The van der Waals surface area contributed by atoms with Gasteiger partial charge in [-0.3, -0.25) is 4.79 Å². The zero-order chi connectivity index (χ0) is 13.0. The highest BCUT2D eigenvalue weighted by Gasteiger charge is 2.07. The number of hydrogen-bond acceptors (Lipinski definition) is 4. The van der Waals surface area contributed by atoms with E-state index in [1.165, 1.54) is 11.3 Å². The summed E-state index contributed by atoms with van der Waals surface area (Å²) < 4.78 is 11.5. The van der Waals surface area contributed by atoms with Gasteiger partial charge < -0.3 is 9.47 Å². The molecular formula is C13H11ClO3S. The van der Waals surface area contributed by atoms with Gasteiger partial charge in [0, 0.05) is 10.4 Å². The minimum Gasteiger partial charge on any atom is -0.493 e. The first kappa shape index (κ1) is 12.9. The Morgan fingerprint density at radius 2 is 2.11 bits per heavy atom. The van der Waals surface area contributed by atoms with Gasteiger partial charge in [-0.1, -0.05) is 11.6 Å². The highest BCUT2D eigenvalue weighted by atomic mass is 35.5. The van der Waals surface area contributed by atoms with Crippen molar-refractivity contribution in [1.29, 1.82) is 0 Å². The Morgan fingerprint density at radius 1 is 1.28 bits per heavy atom. The van der Waals surface area contributed by atoms with Crippen LogP contribution in [0.5, 0.6) is 11.5 Å². The summed E-state index contributed by atoms with van der Waals surface area (Å²) in [7, 11) is 1.56. The lowest BCUT2D eigenvalue weighted by Gasteiger charge is -2.10. The zero-order valence-electron chi connectivity index (χ0n) is 9.68. The van der Waals surface area contributed by atoms with Gasteiger partial charge in [0.2, 0.25) is 0 Å². The Bertz CT molecular complexity index is 551. The number of aldehydes is 1. The van der Waals surface area contributed by atoms with Crippen LogP contribution in [-0.4, -0.2) is 13.4 Å². The largest absolute Gasteiger partial charge is 0.493 e. The van der Waals surface area contributed by atoms with E-state index in [0.29, 0.717) is 23.7 Å². The molecule has 0 aliphatic rings. The van der Waals surface area contributed by atoms with Crippen LogP contribution in [0.3, 0.4) is 0 Å². The van der Waals surface area contributed by atoms with Crippen molar-refractivity contribution in [2.45, 2.75) is 6.61 Å². The molecule has 0 amide bonds. The third-order valence-electron chi connectivity index (χ3n) is 2.32. The number of carbonyl (C=O) groups is 1. The fourth-order valence-electron chi connectivity index (χ4n) is 1.46. The van der Waals surface area contributed by atoms with Crippen molar-refractivity contribution in [2.75, 3.05) is 7.11 Å². The quantitative estimate of drug-likeness (QED) is 0.783. The second-order valence-electron chi connectivity index (χ2n) is 3.52. The molecule has 0 aliphatic carbocycles. The SMILES string of the molecule is COc1ccc(C=O)cc1OCc1ccc(Cl)s1. The van der Waals surface area contributed by atoms with Crippen molar-refractivity contribution in [1.82, 2.24) is 0 Å². The van der Waals surface area contributed by atoms with E-state index < -0.39 is 0 Å². The lowest BCUT2D eigenvalue weighted by Crippen LogP contribution is -1.97. The molecule has 5 heteroatoms. The van der Waals surface area contributed by atoms with Crippen LogP contribution < -0.4 is 9.47 Å². The molecule has 0 spiro atoms. The van der Waals surface area contributed by atoms with Crippen molar-refractivity contribution < 1.29 is 14.3 Å². The van der Waals surface area contributed by atoms with Crippen molar-refractivity contribution in [3.63, 3.8) is 0 Å². The third-order valence-corrected chi connectivity index (χ3v) is 3.53. The summed E-state index contributed by atoms with van der Waals surface area (Å²) in [5, 5.41) is 0. The Balaban J connectivity index is 2.14. The highest BCUT2D eigenvalue weighted by Crippen LogP contribution is 2.29. The first-order chi connectivity index (χ1) is 8.72. The fraction of sp³-hybridized carbons (Fsp3) is 0.154. The molecule has 2 aromatic rings. The fourth-order valence-corrected chi connectivity index (χ4v) is 2.46. The monoisotopic (exact) mass is 282 g/mol. The zero-order valence-corrected chi connectivity index (χ0v) is 11.3. The minimum absolute atomic E-state index is 0.399. The van der Waals surface area contributed by atoms with Crippen LogP contribution in [0.15, 0.2) is 30.3 Å². The average Bonchev–Trinajstić information content (AvgIpc) is 2.81. The molecule has 0 aliphatic heterocycles. The number of halogens is 1. The molecule has 0 radical (unpaired) electrons. The van der Waals surface area contributed by atoms with E-state index in [2.05, 4.69) is 0 Å². The predicted molar refractivity (Wildman–Crippen MR) is 72.0 cm³/mol. The van der Waals surface area contributed by atoms with E-state index in [4.69, 9.17) is 21.1 Å². The molecule has 0 atom stereocenters. The number of benzene rings is 1. The second-order valence-corrected chi connectivity index (χ2v) is 5.32. The molecule has 1 heterocycles. The van der Waals surface area contributed by atoms with Gasteiger partial charge >= 0.3 is 0 Å². The van der Waals surface area contributed by atoms with E-state index in [-0.39, 0.29) is 0 Å². The summed E-state index contributed by atoms with van der Waals surface area (Å²) >= 11 is 7.30. The van der Waals surface area contributed by atoms with Gasteiger partial charge in [0.1, 0.15) is 12.9 Å². The summed E-state index contributed by atoms with van der Waals surface area (Å²) in [6.07, 6.45) is 0.772. The molecule has 0 saturated heterocycles. The van der Waals surface area contributed by atoms with Crippen LogP contribution in [0.4, 0.5) is 0 Å².